The molecule has 0 bridgehead atoms. The molecule has 0 N–H and O–H groups in total. The fourth-order valence-corrected chi connectivity index (χ4v) is 7.46. The second-order valence-corrected chi connectivity index (χ2v) is 11.3. The molecule has 5 aromatic rings. The monoisotopic (exact) mass is 490 g/mol. The molecule has 2 heteroatoms. The molecule has 5 aromatic carbocycles. The molecule has 0 heterocycles. The fraction of sp³-hybridized carbons (Fsp3) is 0. The van der Waals surface area contributed by atoms with Gasteiger partial charge in [0.1, 0.15) is 0 Å². The van der Waals surface area contributed by atoms with Crippen molar-refractivity contribution in [1.29, 1.82) is 0 Å². The van der Waals surface area contributed by atoms with Crippen molar-refractivity contribution in [2.45, 2.75) is 0 Å². The van der Waals surface area contributed by atoms with Gasteiger partial charge >= 0.3 is 179 Å². The normalized spacial score (nSPS) is 11.1. The molecule has 0 atom stereocenters. The first-order valence-electron chi connectivity index (χ1n) is 9.28. The Morgan fingerprint density at radius 1 is 0.357 bits per heavy atom. The summed E-state index contributed by atoms with van der Waals surface area (Å²) in [6.07, 6.45) is 0. The molecule has 0 aromatic heterocycles. The van der Waals surface area contributed by atoms with Gasteiger partial charge in [-0.05, 0) is 0 Å². The van der Waals surface area contributed by atoms with E-state index in [4.69, 9.17) is 0 Å². The van der Waals surface area contributed by atoms with Crippen molar-refractivity contribution < 1.29 is 0 Å². The second kappa shape index (κ2) is 7.95. The Morgan fingerprint density at radius 3 is 1.21 bits per heavy atom. The predicted molar refractivity (Wildman–Crippen MR) is 124 cm³/mol. The van der Waals surface area contributed by atoms with Crippen molar-refractivity contribution in [3.63, 3.8) is 0 Å². The molecule has 5 rings (SSSR count). The van der Waals surface area contributed by atoms with E-state index < -0.39 is 0 Å². The number of fused-ring (bicyclic) bond motifs is 2. The van der Waals surface area contributed by atoms with E-state index in [-0.39, 0.29) is 0 Å². The zero-order valence-electron chi connectivity index (χ0n) is 15.2. The second-order valence-electron chi connectivity index (χ2n) is 6.63. The van der Waals surface area contributed by atoms with Crippen molar-refractivity contribution in [3.05, 3.63) is 109 Å². The van der Waals surface area contributed by atoms with Gasteiger partial charge in [-0.3, -0.25) is 0 Å². The van der Waals surface area contributed by atoms with E-state index in [1.165, 1.54) is 39.4 Å². The molecule has 28 heavy (non-hydrogen) atoms. The topological polar surface area (TPSA) is 0 Å². The van der Waals surface area contributed by atoms with Gasteiger partial charge in [0, 0.05) is 0 Å². The molecule has 0 saturated heterocycles. The van der Waals surface area contributed by atoms with Crippen molar-refractivity contribution in [1.82, 2.24) is 0 Å². The van der Waals surface area contributed by atoms with Crippen LogP contribution in [0.3, 0.4) is 0 Å². The maximum atomic E-state index is 2.32. The Hall–Kier alpha value is -2.34. The summed E-state index contributed by atoms with van der Waals surface area (Å²) < 4.78 is 5.78. The van der Waals surface area contributed by atoms with Gasteiger partial charge in [0.2, 0.25) is 0 Å². The summed E-state index contributed by atoms with van der Waals surface area (Å²) in [5, 5.41) is 5.43. The van der Waals surface area contributed by atoms with Gasteiger partial charge in [-0.2, -0.15) is 0 Å². The summed E-state index contributed by atoms with van der Waals surface area (Å²) in [6, 6.07) is 40.0. The molecule has 0 amide bonds. The van der Waals surface area contributed by atoms with Crippen molar-refractivity contribution >= 4 is 69.3 Å². The molecule has 0 aliphatic carbocycles. The zero-order chi connectivity index (χ0) is 18.8. The molecule has 0 spiro atoms. The summed E-state index contributed by atoms with van der Waals surface area (Å²) in [5.41, 5.74) is 0. The Kier molecular flexibility index (Phi) is 5.04. The van der Waals surface area contributed by atoms with E-state index in [0.717, 1.165) is 0 Å². The summed E-state index contributed by atoms with van der Waals surface area (Å²) in [7, 11) is 0. The minimum atomic E-state index is 0.325. The third kappa shape index (κ3) is 3.65. The maximum absolute atomic E-state index is 2.32. The predicted octanol–water partition coefficient (Wildman–Crippen LogP) is 3.30. The van der Waals surface area contributed by atoms with Crippen LogP contribution in [0.5, 0.6) is 0 Å². The van der Waals surface area contributed by atoms with Crippen molar-refractivity contribution in [2.24, 2.45) is 0 Å². The van der Waals surface area contributed by atoms with E-state index in [1.54, 1.807) is 0 Å². The third-order valence-corrected chi connectivity index (χ3v) is 9.33. The Morgan fingerprint density at radius 2 is 0.750 bits per heavy atom. The van der Waals surface area contributed by atoms with E-state index in [0.29, 0.717) is 29.9 Å². The van der Waals surface area contributed by atoms with Crippen LogP contribution in [0.15, 0.2) is 109 Å². The Bertz CT molecular complexity index is 1150. The van der Waals surface area contributed by atoms with Crippen LogP contribution in [0, 0.1) is 0 Å². The molecule has 134 valence electrons. The van der Waals surface area contributed by atoms with Crippen LogP contribution in [0.25, 0.3) is 21.5 Å². The molecule has 0 aliphatic heterocycles. The van der Waals surface area contributed by atoms with Crippen LogP contribution in [-0.2, 0) is 0 Å². The van der Waals surface area contributed by atoms with Gasteiger partial charge in [0.15, 0.2) is 0 Å². The first kappa shape index (κ1) is 17.7. The van der Waals surface area contributed by atoms with E-state index in [9.17, 15) is 0 Å². The minimum absolute atomic E-state index is 0.325. The van der Waals surface area contributed by atoms with Gasteiger partial charge in [0.25, 0.3) is 0 Å². The Labute approximate surface area is 177 Å². The summed E-state index contributed by atoms with van der Waals surface area (Å²) >= 11 is 0.650. The van der Waals surface area contributed by atoms with Crippen LogP contribution in [0.1, 0.15) is 0 Å². The molecule has 0 aliphatic rings. The average molecular weight is 488 g/mol. The Balaban J connectivity index is 1.40. The summed E-state index contributed by atoms with van der Waals surface area (Å²) in [5.74, 6) is 0. The first-order chi connectivity index (χ1) is 13.9. The molecular weight excluding hydrogens is 470 g/mol. The molecular formula is C26H18Se2. The van der Waals surface area contributed by atoms with Gasteiger partial charge in [-0.25, -0.2) is 0 Å². The van der Waals surface area contributed by atoms with Gasteiger partial charge in [-0.1, -0.05) is 0 Å². The third-order valence-electron chi connectivity index (χ3n) is 4.78. The van der Waals surface area contributed by atoms with Crippen LogP contribution < -0.4 is 17.8 Å². The average Bonchev–Trinajstić information content (AvgIpc) is 2.76. The molecule has 0 fully saturated rings. The number of hydrogen-bond donors (Lipinski definition) is 0. The molecule has 0 unspecified atom stereocenters. The molecule has 0 saturated carbocycles. The number of benzene rings is 5. The summed E-state index contributed by atoms with van der Waals surface area (Å²) in [6.45, 7) is 0. The first-order valence-corrected chi connectivity index (χ1v) is 12.7. The quantitative estimate of drug-likeness (QED) is 0.341. The molecule has 0 nitrogen and oxygen atoms in total. The zero-order valence-corrected chi connectivity index (χ0v) is 18.6. The van der Waals surface area contributed by atoms with Gasteiger partial charge in [-0.15, -0.1) is 0 Å². The molecule has 0 radical (unpaired) electrons. The SMILES string of the molecule is c1ccc2c([Se]c3ccc([Se]c4cccc5ccccc45)cc3)cccc2c1. The van der Waals surface area contributed by atoms with E-state index in [2.05, 4.69) is 109 Å². The van der Waals surface area contributed by atoms with Crippen LogP contribution >= 0.6 is 0 Å². The fourth-order valence-electron chi connectivity index (χ4n) is 3.40. The summed E-state index contributed by atoms with van der Waals surface area (Å²) in [4.78, 5) is 0. The standard InChI is InChI=1S/C26H18Se2/c1-3-11-23-19(7-1)9-5-13-25(23)27-21-15-17-22(18-16-21)28-26-14-6-10-20-8-2-4-12-24(20)26/h1-18H. The van der Waals surface area contributed by atoms with Crippen LogP contribution in [-0.4, -0.2) is 29.9 Å². The van der Waals surface area contributed by atoms with Crippen LogP contribution in [0.2, 0.25) is 0 Å². The van der Waals surface area contributed by atoms with E-state index >= 15 is 0 Å². The van der Waals surface area contributed by atoms with E-state index in [1.807, 2.05) is 0 Å². The van der Waals surface area contributed by atoms with Gasteiger partial charge < -0.3 is 0 Å². The number of hydrogen-bond acceptors (Lipinski definition) is 0. The van der Waals surface area contributed by atoms with Gasteiger partial charge in [0.05, 0.1) is 0 Å². The van der Waals surface area contributed by atoms with Crippen molar-refractivity contribution in [2.75, 3.05) is 0 Å². The van der Waals surface area contributed by atoms with Crippen LogP contribution in [0.4, 0.5) is 0 Å². The number of rotatable bonds is 4. The van der Waals surface area contributed by atoms with Crippen molar-refractivity contribution in [3.8, 4) is 0 Å².